The first kappa shape index (κ1) is 17.8. The molecule has 0 aliphatic rings. The predicted octanol–water partition coefficient (Wildman–Crippen LogP) is 2.93. The Hall–Kier alpha value is -3.55. The Kier molecular flexibility index (Phi) is 5.94. The van der Waals surface area contributed by atoms with Gasteiger partial charge in [0, 0.05) is 18.2 Å². The highest BCUT2D eigenvalue weighted by Gasteiger charge is 2.13. The van der Waals surface area contributed by atoms with Crippen LogP contribution in [0.4, 0.5) is 15.8 Å². The van der Waals surface area contributed by atoms with Crippen LogP contribution in [0.25, 0.3) is 6.08 Å². The van der Waals surface area contributed by atoms with Gasteiger partial charge >= 0.3 is 5.97 Å². The Labute approximate surface area is 141 Å². The lowest BCUT2D eigenvalue weighted by Gasteiger charge is -2.06. The van der Waals surface area contributed by atoms with Crippen LogP contribution in [0.2, 0.25) is 0 Å². The molecular weight excluding hydrogens is 331 g/mol. The van der Waals surface area contributed by atoms with E-state index in [1.54, 1.807) is 24.3 Å². The highest BCUT2D eigenvalue weighted by molar-refractivity contribution is 5.94. The van der Waals surface area contributed by atoms with Crippen molar-refractivity contribution in [3.63, 3.8) is 0 Å². The van der Waals surface area contributed by atoms with Gasteiger partial charge in [0.05, 0.1) is 10.6 Å². The average molecular weight is 344 g/mol. The second-order valence-electron chi connectivity index (χ2n) is 4.82. The first-order chi connectivity index (χ1) is 12.0. The Morgan fingerprint density at radius 2 is 1.92 bits per heavy atom. The second kappa shape index (κ2) is 8.34. The van der Waals surface area contributed by atoms with Crippen LogP contribution < -0.4 is 5.32 Å². The molecule has 0 heterocycles. The molecule has 0 aliphatic carbocycles. The van der Waals surface area contributed by atoms with Gasteiger partial charge in [-0.2, -0.15) is 0 Å². The third kappa shape index (κ3) is 5.54. The van der Waals surface area contributed by atoms with Crippen molar-refractivity contribution in [3.8, 4) is 0 Å². The maximum absolute atomic E-state index is 13.5. The van der Waals surface area contributed by atoms with Crippen LogP contribution >= 0.6 is 0 Å². The van der Waals surface area contributed by atoms with Crippen LogP contribution in [0.15, 0.2) is 54.6 Å². The molecule has 1 amide bonds. The van der Waals surface area contributed by atoms with Gasteiger partial charge < -0.3 is 10.1 Å². The van der Waals surface area contributed by atoms with E-state index in [-0.39, 0.29) is 11.4 Å². The number of hydrogen-bond donors (Lipinski definition) is 1. The zero-order chi connectivity index (χ0) is 18.2. The summed E-state index contributed by atoms with van der Waals surface area (Å²) in [6, 6.07) is 11.7. The molecule has 128 valence electrons. The van der Waals surface area contributed by atoms with Crippen LogP contribution in [0.5, 0.6) is 0 Å². The molecule has 0 fully saturated rings. The van der Waals surface area contributed by atoms with Crippen LogP contribution in [0.3, 0.4) is 0 Å². The lowest BCUT2D eigenvalue weighted by Crippen LogP contribution is -2.20. The second-order valence-corrected chi connectivity index (χ2v) is 4.82. The summed E-state index contributed by atoms with van der Waals surface area (Å²) in [5.74, 6) is -2.41. The SMILES string of the molecule is O=C(COC(=O)/C=C/c1ccccc1)Nc1cc([N+](=O)[O-])ccc1F. The molecule has 0 unspecified atom stereocenters. The number of non-ortho nitro benzene ring substituents is 1. The van der Waals surface area contributed by atoms with E-state index in [1.165, 1.54) is 6.08 Å². The third-order valence-corrected chi connectivity index (χ3v) is 2.99. The molecule has 2 rings (SSSR count). The van der Waals surface area contributed by atoms with Crippen molar-refractivity contribution >= 4 is 29.3 Å². The van der Waals surface area contributed by atoms with Crippen LogP contribution in [-0.4, -0.2) is 23.4 Å². The van der Waals surface area contributed by atoms with Crippen molar-refractivity contribution in [1.29, 1.82) is 0 Å². The van der Waals surface area contributed by atoms with Crippen LogP contribution in [0, 0.1) is 15.9 Å². The summed E-state index contributed by atoms with van der Waals surface area (Å²) in [6.07, 6.45) is 2.66. The predicted molar refractivity (Wildman–Crippen MR) is 88.1 cm³/mol. The normalized spacial score (nSPS) is 10.4. The fraction of sp³-hybridized carbons (Fsp3) is 0.0588. The van der Waals surface area contributed by atoms with Crippen molar-refractivity contribution < 1.29 is 23.6 Å². The Morgan fingerprint density at radius 1 is 1.20 bits per heavy atom. The minimum atomic E-state index is -0.839. The van der Waals surface area contributed by atoms with Crippen LogP contribution in [-0.2, 0) is 14.3 Å². The summed E-state index contributed by atoms with van der Waals surface area (Å²) in [5.41, 5.74) is 0.0390. The zero-order valence-electron chi connectivity index (χ0n) is 12.8. The van der Waals surface area contributed by atoms with Gasteiger partial charge in [-0.3, -0.25) is 14.9 Å². The number of nitro groups is 1. The number of nitro benzene ring substituents is 1. The Bertz CT molecular complexity index is 821. The summed E-state index contributed by atoms with van der Waals surface area (Å²) >= 11 is 0. The van der Waals surface area contributed by atoms with Gasteiger partial charge in [-0.1, -0.05) is 30.3 Å². The molecule has 0 radical (unpaired) electrons. The van der Waals surface area contributed by atoms with Gasteiger partial charge in [-0.05, 0) is 17.7 Å². The molecule has 25 heavy (non-hydrogen) atoms. The third-order valence-electron chi connectivity index (χ3n) is 2.99. The first-order valence-electron chi connectivity index (χ1n) is 7.09. The summed E-state index contributed by atoms with van der Waals surface area (Å²) in [4.78, 5) is 33.1. The van der Waals surface area contributed by atoms with Gasteiger partial charge in [-0.25, -0.2) is 9.18 Å². The molecule has 0 atom stereocenters. The highest BCUT2D eigenvalue weighted by atomic mass is 19.1. The van der Waals surface area contributed by atoms with Crippen molar-refractivity contribution in [2.75, 3.05) is 11.9 Å². The Balaban J connectivity index is 1.88. The number of carbonyl (C=O) groups is 2. The summed E-state index contributed by atoms with van der Waals surface area (Å²) in [7, 11) is 0. The van der Waals surface area contributed by atoms with E-state index in [0.29, 0.717) is 0 Å². The van der Waals surface area contributed by atoms with E-state index in [0.717, 1.165) is 29.8 Å². The van der Waals surface area contributed by atoms with Gasteiger partial charge in [-0.15, -0.1) is 0 Å². The van der Waals surface area contributed by atoms with E-state index in [9.17, 15) is 24.1 Å². The van der Waals surface area contributed by atoms with E-state index >= 15 is 0 Å². The number of anilines is 1. The molecule has 0 aromatic heterocycles. The molecule has 2 aromatic carbocycles. The fourth-order valence-corrected chi connectivity index (χ4v) is 1.82. The molecule has 7 nitrogen and oxygen atoms in total. The minimum Gasteiger partial charge on any atom is -0.452 e. The lowest BCUT2D eigenvalue weighted by atomic mass is 10.2. The minimum absolute atomic E-state index is 0.366. The van der Waals surface area contributed by atoms with Crippen molar-refractivity contribution in [2.24, 2.45) is 0 Å². The number of esters is 1. The van der Waals surface area contributed by atoms with Crippen molar-refractivity contribution in [1.82, 2.24) is 0 Å². The topological polar surface area (TPSA) is 98.5 Å². The molecule has 0 bridgehead atoms. The molecule has 0 aliphatic heterocycles. The smallest absolute Gasteiger partial charge is 0.331 e. The molecule has 0 saturated heterocycles. The number of nitrogens with zero attached hydrogens (tertiary/aromatic N) is 1. The lowest BCUT2D eigenvalue weighted by molar-refractivity contribution is -0.384. The number of nitrogens with one attached hydrogen (secondary N) is 1. The quantitative estimate of drug-likeness (QED) is 0.376. The average Bonchev–Trinajstić information content (AvgIpc) is 2.60. The van der Waals surface area contributed by atoms with E-state index in [2.05, 4.69) is 5.32 Å². The Morgan fingerprint density at radius 3 is 2.60 bits per heavy atom. The van der Waals surface area contributed by atoms with Gasteiger partial charge in [0.25, 0.3) is 11.6 Å². The fourth-order valence-electron chi connectivity index (χ4n) is 1.82. The molecule has 1 N–H and O–H groups in total. The number of halogens is 1. The summed E-state index contributed by atoms with van der Waals surface area (Å²) in [6.45, 7) is -0.653. The maximum atomic E-state index is 13.5. The highest BCUT2D eigenvalue weighted by Crippen LogP contribution is 2.21. The monoisotopic (exact) mass is 344 g/mol. The number of rotatable bonds is 6. The molecule has 0 saturated carbocycles. The van der Waals surface area contributed by atoms with Crippen molar-refractivity contribution in [3.05, 3.63) is 76.1 Å². The van der Waals surface area contributed by atoms with Gasteiger partial charge in [0.2, 0.25) is 0 Å². The molecule has 8 heteroatoms. The van der Waals surface area contributed by atoms with Crippen LogP contribution in [0.1, 0.15) is 5.56 Å². The van der Waals surface area contributed by atoms with Gasteiger partial charge in [0.15, 0.2) is 6.61 Å². The summed E-state index contributed by atoms with van der Waals surface area (Å²) < 4.78 is 18.3. The molecule has 0 spiro atoms. The number of hydrogen-bond acceptors (Lipinski definition) is 5. The standard InChI is InChI=1S/C17H13FN2O5/c18-14-8-7-13(20(23)24)10-15(14)19-16(21)11-25-17(22)9-6-12-4-2-1-3-5-12/h1-10H,11H2,(H,19,21)/b9-6+. The molecular formula is C17H13FN2O5. The molecule has 2 aromatic rings. The van der Waals surface area contributed by atoms with E-state index in [4.69, 9.17) is 4.74 Å². The number of carbonyl (C=O) groups excluding carboxylic acids is 2. The van der Waals surface area contributed by atoms with E-state index in [1.807, 2.05) is 6.07 Å². The summed E-state index contributed by atoms with van der Waals surface area (Å²) in [5, 5.41) is 12.8. The zero-order valence-corrected chi connectivity index (χ0v) is 12.8. The number of benzene rings is 2. The number of ether oxygens (including phenoxy) is 1. The first-order valence-corrected chi connectivity index (χ1v) is 7.09. The van der Waals surface area contributed by atoms with Crippen molar-refractivity contribution in [2.45, 2.75) is 0 Å². The maximum Gasteiger partial charge on any atom is 0.331 e. The van der Waals surface area contributed by atoms with E-state index < -0.39 is 29.2 Å². The largest absolute Gasteiger partial charge is 0.452 e. The number of amides is 1. The van der Waals surface area contributed by atoms with Gasteiger partial charge in [0.1, 0.15) is 5.82 Å².